The molecule has 6 nitrogen and oxygen atoms in total. The van der Waals surface area contributed by atoms with Crippen molar-refractivity contribution in [3.05, 3.63) is 83.4 Å². The first-order valence-corrected chi connectivity index (χ1v) is 11.8. The van der Waals surface area contributed by atoms with Gasteiger partial charge < -0.3 is 10.1 Å². The van der Waals surface area contributed by atoms with E-state index in [0.717, 1.165) is 12.1 Å². The number of hydrogen-bond acceptors (Lipinski definition) is 4. The van der Waals surface area contributed by atoms with Gasteiger partial charge in [-0.15, -0.1) is 0 Å². The van der Waals surface area contributed by atoms with Gasteiger partial charge in [-0.2, -0.15) is 13.2 Å². The summed E-state index contributed by atoms with van der Waals surface area (Å²) in [5, 5.41) is 2.50. The van der Waals surface area contributed by atoms with Gasteiger partial charge in [-0.3, -0.25) is 9.10 Å². The van der Waals surface area contributed by atoms with E-state index in [0.29, 0.717) is 29.8 Å². The third-order valence-electron chi connectivity index (χ3n) is 5.54. The maximum Gasteiger partial charge on any atom is 0.417 e. The summed E-state index contributed by atoms with van der Waals surface area (Å²) >= 11 is 0. The van der Waals surface area contributed by atoms with Crippen LogP contribution in [0.3, 0.4) is 0 Å². The number of carbonyl (C=O) groups excluding carboxylic acids is 1. The molecule has 0 bridgehead atoms. The highest BCUT2D eigenvalue weighted by atomic mass is 32.2. The maximum atomic E-state index is 13.3. The van der Waals surface area contributed by atoms with E-state index in [9.17, 15) is 26.4 Å². The Kier molecular flexibility index (Phi) is 6.26. The predicted octanol–water partition coefficient (Wildman–Crippen LogP) is 5.11. The molecule has 1 aliphatic heterocycles. The number of rotatable bonds is 5. The van der Waals surface area contributed by atoms with Crippen molar-refractivity contribution in [2.45, 2.75) is 23.9 Å². The number of methoxy groups -OCH3 is 1. The Morgan fingerprint density at radius 1 is 1.03 bits per heavy atom. The van der Waals surface area contributed by atoms with E-state index in [4.69, 9.17) is 4.74 Å². The topological polar surface area (TPSA) is 75.7 Å². The number of aryl methyl sites for hydroxylation is 1. The molecule has 1 aliphatic rings. The third-order valence-corrected chi connectivity index (χ3v) is 7.37. The number of benzene rings is 3. The van der Waals surface area contributed by atoms with Crippen molar-refractivity contribution in [2.75, 3.05) is 23.3 Å². The normalized spacial score (nSPS) is 13.8. The highest BCUT2D eigenvalue weighted by Gasteiger charge is 2.35. The molecule has 0 spiro atoms. The Labute approximate surface area is 195 Å². The van der Waals surface area contributed by atoms with Crippen LogP contribution in [0.5, 0.6) is 5.75 Å². The van der Waals surface area contributed by atoms with Crippen molar-refractivity contribution in [1.82, 2.24) is 0 Å². The molecule has 3 aromatic rings. The Balaban J connectivity index is 1.61. The zero-order valence-corrected chi connectivity index (χ0v) is 18.9. The average molecular weight is 491 g/mol. The average Bonchev–Trinajstić information content (AvgIpc) is 2.83. The second-order valence-electron chi connectivity index (χ2n) is 7.70. The van der Waals surface area contributed by atoms with Crippen LogP contribution in [0.15, 0.2) is 71.6 Å². The minimum Gasteiger partial charge on any atom is -0.497 e. The quantitative estimate of drug-likeness (QED) is 0.540. The lowest BCUT2D eigenvalue weighted by Gasteiger charge is -2.31. The van der Waals surface area contributed by atoms with Crippen LogP contribution in [0.2, 0.25) is 0 Å². The summed E-state index contributed by atoms with van der Waals surface area (Å²) in [5.74, 6) is -0.364. The number of ether oxygens (including phenoxy) is 1. The number of anilines is 2. The lowest BCUT2D eigenvalue weighted by Crippen LogP contribution is -2.35. The highest BCUT2D eigenvalue weighted by Crippen LogP contribution is 2.35. The highest BCUT2D eigenvalue weighted by molar-refractivity contribution is 7.92. The molecule has 0 aromatic heterocycles. The molecule has 34 heavy (non-hydrogen) atoms. The summed E-state index contributed by atoms with van der Waals surface area (Å²) in [6.45, 7) is 0.284. The van der Waals surface area contributed by atoms with Crippen LogP contribution < -0.4 is 14.4 Å². The van der Waals surface area contributed by atoms with Gasteiger partial charge >= 0.3 is 6.18 Å². The molecule has 0 fully saturated rings. The van der Waals surface area contributed by atoms with Gasteiger partial charge in [-0.05, 0) is 73.0 Å². The molecule has 1 N–H and O–H groups in total. The van der Waals surface area contributed by atoms with Crippen LogP contribution >= 0.6 is 0 Å². The van der Waals surface area contributed by atoms with E-state index < -0.39 is 33.2 Å². The number of amides is 1. The monoisotopic (exact) mass is 490 g/mol. The SMILES string of the molecule is COc1ccc(S(=O)(=O)N2CCCc3cc(NC(=O)c4ccccc4C(F)(F)F)ccc32)cc1. The number of halogens is 3. The molecule has 3 aromatic carbocycles. The fourth-order valence-corrected chi connectivity index (χ4v) is 5.43. The van der Waals surface area contributed by atoms with E-state index in [-0.39, 0.29) is 17.1 Å². The minimum atomic E-state index is -4.67. The molecule has 178 valence electrons. The minimum absolute atomic E-state index is 0.113. The fourth-order valence-electron chi connectivity index (χ4n) is 3.89. The number of nitrogens with one attached hydrogen (secondary N) is 1. The van der Waals surface area contributed by atoms with E-state index in [1.165, 1.54) is 41.7 Å². The first-order valence-electron chi connectivity index (χ1n) is 10.4. The maximum absolute atomic E-state index is 13.3. The summed E-state index contributed by atoms with van der Waals surface area (Å²) in [5.41, 5.74) is -0.0934. The molecule has 4 rings (SSSR count). The number of fused-ring (bicyclic) bond motifs is 1. The summed E-state index contributed by atoms with van der Waals surface area (Å²) in [4.78, 5) is 12.7. The van der Waals surface area contributed by atoms with Gasteiger partial charge in [0.2, 0.25) is 0 Å². The number of hydrogen-bond donors (Lipinski definition) is 1. The van der Waals surface area contributed by atoms with E-state index in [1.807, 2.05) is 0 Å². The molecule has 1 amide bonds. The largest absolute Gasteiger partial charge is 0.497 e. The summed E-state index contributed by atoms with van der Waals surface area (Å²) in [7, 11) is -2.35. The molecule has 10 heteroatoms. The lowest BCUT2D eigenvalue weighted by atomic mass is 10.0. The van der Waals surface area contributed by atoms with Crippen molar-refractivity contribution < 1.29 is 31.1 Å². The van der Waals surface area contributed by atoms with Gasteiger partial charge in [0.25, 0.3) is 15.9 Å². The van der Waals surface area contributed by atoms with Gasteiger partial charge in [-0.25, -0.2) is 8.42 Å². The van der Waals surface area contributed by atoms with Crippen LogP contribution in [0.4, 0.5) is 24.5 Å². The van der Waals surface area contributed by atoms with E-state index in [2.05, 4.69) is 5.32 Å². The van der Waals surface area contributed by atoms with Gasteiger partial charge in [-0.1, -0.05) is 12.1 Å². The molecule has 0 atom stereocenters. The van der Waals surface area contributed by atoms with Gasteiger partial charge in [0.15, 0.2) is 0 Å². The molecule has 0 saturated carbocycles. The predicted molar refractivity (Wildman–Crippen MR) is 122 cm³/mol. The zero-order valence-electron chi connectivity index (χ0n) is 18.1. The van der Waals surface area contributed by atoms with Crippen molar-refractivity contribution >= 4 is 27.3 Å². The molecule has 0 saturated heterocycles. The number of carbonyl (C=O) groups is 1. The first-order chi connectivity index (χ1) is 16.1. The number of sulfonamides is 1. The zero-order chi connectivity index (χ0) is 24.5. The van der Waals surface area contributed by atoms with Gasteiger partial charge in [0.1, 0.15) is 5.75 Å². The smallest absolute Gasteiger partial charge is 0.417 e. The third kappa shape index (κ3) is 4.58. The van der Waals surface area contributed by atoms with Gasteiger partial charge in [0.05, 0.1) is 28.8 Å². The van der Waals surface area contributed by atoms with Crippen LogP contribution in [0, 0.1) is 0 Å². The number of nitrogens with zero attached hydrogens (tertiary/aromatic N) is 1. The van der Waals surface area contributed by atoms with E-state index in [1.54, 1.807) is 24.3 Å². The summed E-state index contributed by atoms with van der Waals surface area (Å²) in [6.07, 6.45) is -3.55. The van der Waals surface area contributed by atoms with Crippen LogP contribution in [-0.4, -0.2) is 28.0 Å². The fraction of sp³-hybridized carbons (Fsp3) is 0.208. The number of alkyl halides is 3. The lowest BCUT2D eigenvalue weighted by molar-refractivity contribution is -0.137. The van der Waals surface area contributed by atoms with Crippen molar-refractivity contribution in [3.63, 3.8) is 0 Å². The van der Waals surface area contributed by atoms with Crippen molar-refractivity contribution in [3.8, 4) is 5.75 Å². The molecular formula is C24H21F3N2O4S. The summed E-state index contributed by atoms with van der Waals surface area (Å²) < 4.78 is 72.6. The standard InChI is InChI=1S/C24H21F3N2O4S/c1-33-18-9-11-19(12-10-18)34(31,32)29-14-4-5-16-15-17(8-13-22(16)29)28-23(30)20-6-2-3-7-21(20)24(25,26)27/h2-3,6-13,15H,4-5,14H2,1H3,(H,28,30). The Bertz CT molecular complexity index is 1320. The van der Waals surface area contributed by atoms with Gasteiger partial charge in [0, 0.05) is 12.2 Å². The molecular weight excluding hydrogens is 469 g/mol. The van der Waals surface area contributed by atoms with Crippen molar-refractivity contribution in [1.29, 1.82) is 0 Å². The second-order valence-corrected chi connectivity index (χ2v) is 9.56. The summed E-state index contributed by atoms with van der Waals surface area (Å²) in [6, 6.07) is 15.2. The van der Waals surface area contributed by atoms with Crippen molar-refractivity contribution in [2.24, 2.45) is 0 Å². The van der Waals surface area contributed by atoms with E-state index >= 15 is 0 Å². The Hall–Kier alpha value is -3.53. The molecule has 0 radical (unpaired) electrons. The van der Waals surface area contributed by atoms with Crippen LogP contribution in [0.1, 0.15) is 27.9 Å². The van der Waals surface area contributed by atoms with Crippen LogP contribution in [-0.2, 0) is 22.6 Å². The second kappa shape index (κ2) is 9.02. The molecule has 1 heterocycles. The Morgan fingerprint density at radius 3 is 2.41 bits per heavy atom. The first kappa shape index (κ1) is 23.6. The Morgan fingerprint density at radius 2 is 1.74 bits per heavy atom. The molecule has 0 unspecified atom stereocenters. The molecule has 0 aliphatic carbocycles. The van der Waals surface area contributed by atoms with Crippen LogP contribution in [0.25, 0.3) is 0 Å².